The van der Waals surface area contributed by atoms with Crippen LogP contribution in [0.2, 0.25) is 0 Å². The quantitative estimate of drug-likeness (QED) is 0.504. The number of para-hydroxylation sites is 1. The molecule has 4 rings (SSSR count). The lowest BCUT2D eigenvalue weighted by atomic mass is 9.96. The predicted octanol–water partition coefficient (Wildman–Crippen LogP) is 3.72. The Labute approximate surface area is 170 Å². The first-order chi connectivity index (χ1) is 13.5. The molecule has 1 N–H and O–H groups in total. The van der Waals surface area contributed by atoms with Crippen molar-refractivity contribution in [1.82, 2.24) is 9.55 Å². The fourth-order valence-electron chi connectivity index (χ4n) is 3.36. The van der Waals surface area contributed by atoms with E-state index in [1.54, 1.807) is 0 Å². The number of rotatable bonds is 5. The van der Waals surface area contributed by atoms with Gasteiger partial charge >= 0.3 is 5.97 Å². The molecule has 3 heterocycles. The minimum Gasteiger partial charge on any atom is -0.481 e. The summed E-state index contributed by atoms with van der Waals surface area (Å²) in [4.78, 5) is 31.0. The van der Waals surface area contributed by atoms with Gasteiger partial charge in [-0.15, -0.1) is 11.3 Å². The highest BCUT2D eigenvalue weighted by molar-refractivity contribution is 7.99. The van der Waals surface area contributed by atoms with Gasteiger partial charge in [-0.2, -0.15) is 0 Å². The van der Waals surface area contributed by atoms with Gasteiger partial charge in [0.2, 0.25) is 0 Å². The molecule has 0 spiro atoms. The van der Waals surface area contributed by atoms with Crippen molar-refractivity contribution < 1.29 is 14.6 Å². The number of aromatic nitrogens is 2. The first kappa shape index (κ1) is 19.2. The zero-order valence-electron chi connectivity index (χ0n) is 15.5. The molecular weight excluding hydrogens is 396 g/mol. The third kappa shape index (κ3) is 3.47. The minimum atomic E-state index is -0.947. The predicted molar refractivity (Wildman–Crippen MR) is 111 cm³/mol. The number of carboxylic acid groups (broad SMARTS) is 1. The Morgan fingerprint density at radius 3 is 2.82 bits per heavy atom. The fourth-order valence-corrected chi connectivity index (χ4v) is 5.26. The normalized spacial score (nSPS) is 16.5. The van der Waals surface area contributed by atoms with E-state index in [0.717, 1.165) is 22.2 Å². The van der Waals surface area contributed by atoms with Crippen LogP contribution in [0.3, 0.4) is 0 Å². The largest absolute Gasteiger partial charge is 0.481 e. The third-order valence-electron chi connectivity index (χ3n) is 4.79. The van der Waals surface area contributed by atoms with Crippen molar-refractivity contribution in [2.24, 2.45) is 5.92 Å². The Morgan fingerprint density at radius 1 is 1.39 bits per heavy atom. The van der Waals surface area contributed by atoms with Gasteiger partial charge in [-0.1, -0.05) is 43.8 Å². The monoisotopic (exact) mass is 416 g/mol. The lowest BCUT2D eigenvalue weighted by Crippen LogP contribution is -2.28. The second-order valence-corrected chi connectivity index (χ2v) is 9.06. The maximum absolute atomic E-state index is 13.5. The third-order valence-corrected chi connectivity index (χ3v) is 6.82. The Morgan fingerprint density at radius 2 is 2.14 bits per heavy atom. The average Bonchev–Trinajstić information content (AvgIpc) is 3.04. The van der Waals surface area contributed by atoms with Gasteiger partial charge in [0.15, 0.2) is 5.16 Å². The number of aliphatic carboxylic acids is 1. The number of carboxylic acids is 1. The van der Waals surface area contributed by atoms with E-state index < -0.39 is 5.97 Å². The first-order valence-electron chi connectivity index (χ1n) is 9.04. The first-order valence-corrected chi connectivity index (χ1v) is 10.8. The van der Waals surface area contributed by atoms with E-state index in [-0.39, 0.29) is 17.4 Å². The van der Waals surface area contributed by atoms with Crippen LogP contribution in [-0.2, 0) is 22.6 Å². The van der Waals surface area contributed by atoms with Crippen molar-refractivity contribution in [3.63, 3.8) is 0 Å². The summed E-state index contributed by atoms with van der Waals surface area (Å²) in [7, 11) is 0. The standard InChI is InChI=1S/C20H20N2O4S2/c1-11(2)14-8-13-15(9-26-14)28-18-17(13)19(25)22(12-6-4-3-5-7-12)20(21-18)27-10-16(23)24/h3-7,11,14H,8-10H2,1-2H3,(H,23,24)/t14-/m1/s1. The van der Waals surface area contributed by atoms with Crippen molar-refractivity contribution in [2.75, 3.05) is 5.75 Å². The lowest BCUT2D eigenvalue weighted by Gasteiger charge is -2.26. The molecule has 1 aliphatic rings. The van der Waals surface area contributed by atoms with E-state index in [1.165, 1.54) is 15.9 Å². The molecule has 1 aliphatic heterocycles. The number of carbonyl (C=O) groups is 1. The molecule has 2 aromatic heterocycles. The van der Waals surface area contributed by atoms with Gasteiger partial charge in [-0.05, 0) is 23.6 Å². The topological polar surface area (TPSA) is 81.4 Å². The van der Waals surface area contributed by atoms with Gasteiger partial charge in [-0.25, -0.2) is 4.98 Å². The molecule has 1 aromatic carbocycles. The molecule has 0 amide bonds. The number of fused-ring (bicyclic) bond motifs is 3. The van der Waals surface area contributed by atoms with Crippen molar-refractivity contribution in [2.45, 2.75) is 38.1 Å². The van der Waals surface area contributed by atoms with Crippen LogP contribution >= 0.6 is 23.1 Å². The molecule has 0 fully saturated rings. The van der Waals surface area contributed by atoms with Crippen molar-refractivity contribution in [1.29, 1.82) is 0 Å². The number of benzene rings is 1. The van der Waals surface area contributed by atoms with Gasteiger partial charge in [0.05, 0.1) is 29.5 Å². The molecular formula is C20H20N2O4S2. The summed E-state index contributed by atoms with van der Waals surface area (Å²) in [5.74, 6) is -0.746. The number of nitrogens with zero attached hydrogens (tertiary/aromatic N) is 2. The highest BCUT2D eigenvalue weighted by Crippen LogP contribution is 2.36. The molecule has 1 atom stereocenters. The number of hydrogen-bond acceptors (Lipinski definition) is 6. The van der Waals surface area contributed by atoms with Crippen LogP contribution in [0.1, 0.15) is 24.3 Å². The maximum atomic E-state index is 13.5. The molecule has 146 valence electrons. The van der Waals surface area contributed by atoms with Crippen LogP contribution in [-0.4, -0.2) is 32.5 Å². The molecule has 0 radical (unpaired) electrons. The summed E-state index contributed by atoms with van der Waals surface area (Å²) in [6.07, 6.45) is 0.774. The van der Waals surface area contributed by atoms with Crippen molar-refractivity contribution in [3.8, 4) is 5.69 Å². The summed E-state index contributed by atoms with van der Waals surface area (Å²) in [5.41, 5.74) is 1.56. The van der Waals surface area contributed by atoms with Gasteiger partial charge in [0.25, 0.3) is 5.56 Å². The molecule has 0 bridgehead atoms. The number of thioether (sulfide) groups is 1. The molecule has 0 aliphatic carbocycles. The zero-order valence-corrected chi connectivity index (χ0v) is 17.2. The number of hydrogen-bond donors (Lipinski definition) is 1. The lowest BCUT2D eigenvalue weighted by molar-refractivity contribution is -0.133. The van der Waals surface area contributed by atoms with Gasteiger partial charge in [0.1, 0.15) is 4.83 Å². The van der Waals surface area contributed by atoms with Crippen LogP contribution < -0.4 is 5.56 Å². The Kier molecular flexibility index (Phi) is 5.27. The molecule has 28 heavy (non-hydrogen) atoms. The summed E-state index contributed by atoms with van der Waals surface area (Å²) in [6.45, 7) is 4.72. The van der Waals surface area contributed by atoms with Gasteiger partial charge in [0, 0.05) is 11.3 Å². The second-order valence-electron chi connectivity index (χ2n) is 7.03. The minimum absolute atomic E-state index is 0.0796. The molecule has 3 aromatic rings. The SMILES string of the molecule is CC(C)[C@H]1Cc2c(sc3nc(SCC(=O)O)n(-c4ccccc4)c(=O)c23)CO1. The van der Waals surface area contributed by atoms with Gasteiger partial charge in [-0.3, -0.25) is 14.2 Å². The maximum Gasteiger partial charge on any atom is 0.313 e. The smallest absolute Gasteiger partial charge is 0.313 e. The van der Waals surface area contributed by atoms with Crippen molar-refractivity contribution >= 4 is 39.3 Å². The van der Waals surface area contributed by atoms with E-state index in [4.69, 9.17) is 9.84 Å². The molecule has 0 saturated heterocycles. The van der Waals surface area contributed by atoms with E-state index in [9.17, 15) is 9.59 Å². The van der Waals surface area contributed by atoms with Crippen LogP contribution in [0.5, 0.6) is 0 Å². The van der Waals surface area contributed by atoms with Gasteiger partial charge < -0.3 is 9.84 Å². The number of ether oxygens (including phenoxy) is 1. The zero-order chi connectivity index (χ0) is 19.8. The molecule has 0 saturated carbocycles. The van der Waals surface area contributed by atoms with E-state index in [1.807, 2.05) is 30.3 Å². The van der Waals surface area contributed by atoms with Crippen LogP contribution in [0, 0.1) is 5.92 Å². The van der Waals surface area contributed by atoms with E-state index in [0.29, 0.717) is 40.0 Å². The number of thiophene rings is 1. The Hall–Kier alpha value is -2.16. The van der Waals surface area contributed by atoms with E-state index in [2.05, 4.69) is 18.8 Å². The fraction of sp³-hybridized carbons (Fsp3) is 0.350. The highest BCUT2D eigenvalue weighted by Gasteiger charge is 2.28. The van der Waals surface area contributed by atoms with Crippen LogP contribution in [0.4, 0.5) is 0 Å². The summed E-state index contributed by atoms with van der Waals surface area (Å²) in [6, 6.07) is 9.24. The second kappa shape index (κ2) is 7.69. The van der Waals surface area contributed by atoms with Crippen LogP contribution in [0.15, 0.2) is 40.3 Å². The highest BCUT2D eigenvalue weighted by atomic mass is 32.2. The van der Waals surface area contributed by atoms with Crippen molar-refractivity contribution in [3.05, 3.63) is 51.1 Å². The molecule has 6 nitrogen and oxygen atoms in total. The molecule has 0 unspecified atom stereocenters. The Bertz CT molecular complexity index is 1090. The van der Waals surface area contributed by atoms with Crippen LogP contribution in [0.25, 0.3) is 15.9 Å². The molecule has 8 heteroatoms. The van der Waals surface area contributed by atoms with E-state index >= 15 is 0 Å². The Balaban J connectivity index is 1.93. The summed E-state index contributed by atoms with van der Waals surface area (Å²) < 4.78 is 7.48. The average molecular weight is 417 g/mol. The summed E-state index contributed by atoms with van der Waals surface area (Å²) >= 11 is 2.53. The summed E-state index contributed by atoms with van der Waals surface area (Å²) in [5, 5.41) is 10.1.